The number of ether oxygens (including phenoxy) is 1. The number of carbonyl (C=O) groups excluding carboxylic acids is 2. The van der Waals surface area contributed by atoms with Gasteiger partial charge in [-0.2, -0.15) is 26.7 Å². The number of aromatic nitrogens is 2. The molecule has 1 aliphatic heterocycles. The van der Waals surface area contributed by atoms with E-state index in [1.165, 1.54) is 13.2 Å². The van der Waals surface area contributed by atoms with E-state index in [1.807, 2.05) is 4.90 Å². The van der Waals surface area contributed by atoms with Crippen LogP contribution >= 0.6 is 0 Å². The molecule has 1 aliphatic rings. The van der Waals surface area contributed by atoms with E-state index >= 15 is 0 Å². The van der Waals surface area contributed by atoms with Crippen LogP contribution in [0, 0.1) is 6.92 Å². The van der Waals surface area contributed by atoms with Gasteiger partial charge in [-0.15, -0.1) is 0 Å². The van der Waals surface area contributed by atoms with Crippen LogP contribution in [0.2, 0.25) is 0 Å². The van der Waals surface area contributed by atoms with E-state index in [0.29, 0.717) is 41.3 Å². The molecule has 3 aromatic rings. The van der Waals surface area contributed by atoms with Crippen molar-refractivity contribution in [3.05, 3.63) is 81.5 Å². The summed E-state index contributed by atoms with van der Waals surface area (Å²) in [5, 5.41) is 7.44. The zero-order valence-electron chi connectivity index (χ0n) is 24.2. The Morgan fingerprint density at radius 2 is 1.81 bits per heavy atom. The number of halogens is 3. The number of rotatable bonds is 11. The topological polar surface area (TPSA) is 120 Å². The van der Waals surface area contributed by atoms with Crippen molar-refractivity contribution in [2.24, 2.45) is 0 Å². The molecule has 2 heterocycles. The Hall–Kier alpha value is -3.91. The van der Waals surface area contributed by atoms with Crippen LogP contribution in [-0.4, -0.2) is 56.6 Å². The van der Waals surface area contributed by atoms with Crippen LogP contribution in [0.5, 0.6) is 0 Å². The van der Waals surface area contributed by atoms with Crippen molar-refractivity contribution >= 4 is 27.8 Å². The minimum atomic E-state index is -4.61. The minimum absolute atomic E-state index is 0.00571. The van der Waals surface area contributed by atoms with Gasteiger partial charge in [0.2, 0.25) is 0 Å². The molecule has 0 aliphatic carbocycles. The molecule has 232 valence electrons. The quantitative estimate of drug-likeness (QED) is 0.190. The van der Waals surface area contributed by atoms with E-state index in [4.69, 9.17) is 4.74 Å². The number of hydrogen-bond donors (Lipinski definition) is 1. The van der Waals surface area contributed by atoms with Crippen molar-refractivity contribution in [2.45, 2.75) is 52.0 Å². The van der Waals surface area contributed by atoms with Gasteiger partial charge in [0.1, 0.15) is 11.4 Å². The summed E-state index contributed by atoms with van der Waals surface area (Å²) >= 11 is 0. The fourth-order valence-electron chi connectivity index (χ4n) is 5.06. The Labute approximate surface area is 247 Å². The lowest BCUT2D eigenvalue weighted by Crippen LogP contribution is -2.29. The van der Waals surface area contributed by atoms with E-state index in [1.54, 1.807) is 48.9 Å². The highest BCUT2D eigenvalue weighted by Gasteiger charge is 2.35. The summed E-state index contributed by atoms with van der Waals surface area (Å²) in [6, 6.07) is 10.4. The van der Waals surface area contributed by atoms with Crippen molar-refractivity contribution in [1.29, 1.82) is 0 Å². The predicted octanol–water partition coefficient (Wildman–Crippen LogP) is 4.42. The summed E-state index contributed by atoms with van der Waals surface area (Å²) < 4.78 is 75.2. The van der Waals surface area contributed by atoms with Crippen molar-refractivity contribution in [3.63, 3.8) is 0 Å². The van der Waals surface area contributed by atoms with Crippen molar-refractivity contribution in [3.8, 4) is 0 Å². The molecule has 0 saturated carbocycles. The lowest BCUT2D eigenvalue weighted by Gasteiger charge is -2.22. The molecule has 0 saturated heterocycles. The van der Waals surface area contributed by atoms with E-state index in [0.717, 1.165) is 17.9 Å². The lowest BCUT2D eigenvalue weighted by atomic mass is 9.99. The van der Waals surface area contributed by atoms with E-state index < -0.39 is 33.9 Å². The van der Waals surface area contributed by atoms with Crippen LogP contribution in [0.1, 0.15) is 68.1 Å². The number of amides is 1. The number of alkyl halides is 3. The van der Waals surface area contributed by atoms with Crippen molar-refractivity contribution < 1.29 is 40.1 Å². The number of esters is 1. The molecule has 1 N–H and O–H groups in total. The largest absolute Gasteiger partial charge is 0.465 e. The van der Waals surface area contributed by atoms with Gasteiger partial charge in [0.25, 0.3) is 16.0 Å². The second-order valence-electron chi connectivity index (χ2n) is 10.4. The van der Waals surface area contributed by atoms with E-state index in [9.17, 15) is 31.2 Å². The lowest BCUT2D eigenvalue weighted by molar-refractivity contribution is -0.138. The molecule has 14 heteroatoms. The summed E-state index contributed by atoms with van der Waals surface area (Å²) in [6.45, 7) is 4.35. The number of hydrogen-bond acceptors (Lipinski definition) is 8. The molecule has 0 bridgehead atoms. The summed E-state index contributed by atoms with van der Waals surface area (Å²) in [4.78, 5) is 27.0. The van der Waals surface area contributed by atoms with Gasteiger partial charge in [-0.05, 0) is 61.6 Å². The van der Waals surface area contributed by atoms with Crippen molar-refractivity contribution in [1.82, 2.24) is 15.1 Å². The monoisotopic (exact) mass is 622 g/mol. The number of carbonyl (C=O) groups is 2. The molecule has 1 atom stereocenters. The van der Waals surface area contributed by atoms with Gasteiger partial charge in [0.05, 0.1) is 49.4 Å². The van der Waals surface area contributed by atoms with E-state index in [-0.39, 0.29) is 37.5 Å². The summed E-state index contributed by atoms with van der Waals surface area (Å²) in [6.07, 6.45) is -3.62. The highest BCUT2D eigenvalue weighted by molar-refractivity contribution is 7.85. The standard InChI is InChI=1S/C29H33F3N4O6S/c1-18(21-9-11-23(12-10-21)28(38)41-3)33-26(37)25-19(2)34-36-14-13-35(27(25)36)17-20-7-8-22(24(16-20)29(30,31)32)6-5-15-42-43(4,39)40/h7-12,16,18H,5-6,13-15,17H2,1-4H3,(H,33,37)/t18-/m0/s1. The van der Waals surface area contributed by atoms with Gasteiger partial charge >= 0.3 is 12.1 Å². The third-order valence-electron chi connectivity index (χ3n) is 7.13. The summed E-state index contributed by atoms with van der Waals surface area (Å²) in [5.41, 5.74) is 1.64. The van der Waals surface area contributed by atoms with Gasteiger partial charge in [0, 0.05) is 13.1 Å². The van der Waals surface area contributed by atoms with Gasteiger partial charge < -0.3 is 15.0 Å². The molecule has 1 aromatic heterocycles. The highest BCUT2D eigenvalue weighted by atomic mass is 32.2. The first kappa shape index (κ1) is 32.0. The Bertz CT molecular complexity index is 1600. The maximum absolute atomic E-state index is 14.0. The van der Waals surface area contributed by atoms with E-state index in [2.05, 4.69) is 14.6 Å². The number of anilines is 1. The molecule has 4 rings (SSSR count). The summed E-state index contributed by atoms with van der Waals surface area (Å²) in [5.74, 6) is -0.317. The van der Waals surface area contributed by atoms with Crippen LogP contribution in [0.25, 0.3) is 0 Å². The normalized spacial score (nSPS) is 14.0. The average molecular weight is 623 g/mol. The molecular weight excluding hydrogens is 589 g/mol. The molecule has 0 fully saturated rings. The zero-order chi connectivity index (χ0) is 31.5. The second kappa shape index (κ2) is 12.8. The molecule has 43 heavy (non-hydrogen) atoms. The Kier molecular flexibility index (Phi) is 9.50. The first-order valence-corrected chi connectivity index (χ1v) is 15.3. The predicted molar refractivity (Wildman–Crippen MR) is 152 cm³/mol. The van der Waals surface area contributed by atoms with Crippen LogP contribution in [0.15, 0.2) is 42.5 Å². The molecular formula is C29H33F3N4O6S. The zero-order valence-corrected chi connectivity index (χ0v) is 25.0. The molecule has 10 nitrogen and oxygen atoms in total. The van der Waals surface area contributed by atoms with Crippen LogP contribution in [0.4, 0.5) is 19.0 Å². The van der Waals surface area contributed by atoms with Crippen LogP contribution in [0.3, 0.4) is 0 Å². The first-order chi connectivity index (χ1) is 20.2. The maximum atomic E-state index is 14.0. The smallest absolute Gasteiger partial charge is 0.416 e. The third kappa shape index (κ3) is 7.73. The average Bonchev–Trinajstić information content (AvgIpc) is 3.47. The molecule has 0 radical (unpaired) electrons. The third-order valence-corrected chi connectivity index (χ3v) is 7.72. The number of methoxy groups -OCH3 is 1. The second-order valence-corrected chi connectivity index (χ2v) is 12.0. The molecule has 0 spiro atoms. The Morgan fingerprint density at radius 1 is 1.12 bits per heavy atom. The number of nitrogens with zero attached hydrogens (tertiary/aromatic N) is 3. The molecule has 2 aromatic carbocycles. The number of aryl methyl sites for hydroxylation is 2. The number of nitrogens with one attached hydrogen (secondary N) is 1. The van der Waals surface area contributed by atoms with Gasteiger partial charge in [0.15, 0.2) is 0 Å². The Balaban J connectivity index is 1.51. The minimum Gasteiger partial charge on any atom is -0.465 e. The van der Waals surface area contributed by atoms with Gasteiger partial charge in [-0.3, -0.25) is 8.98 Å². The van der Waals surface area contributed by atoms with Crippen LogP contribution in [-0.2, 0) is 44.7 Å². The SMILES string of the molecule is COC(=O)c1ccc([C@H](C)NC(=O)c2c(C)nn3c2N(Cc2ccc(CCCOS(C)(=O)=O)c(C(F)(F)F)c2)CC3)cc1. The Morgan fingerprint density at radius 3 is 2.44 bits per heavy atom. The number of fused-ring (bicyclic) bond motifs is 1. The maximum Gasteiger partial charge on any atom is 0.416 e. The fourth-order valence-corrected chi connectivity index (χ4v) is 5.48. The molecule has 0 unspecified atom stereocenters. The number of benzene rings is 2. The molecule has 1 amide bonds. The van der Waals surface area contributed by atoms with Crippen molar-refractivity contribution in [2.75, 3.05) is 31.4 Å². The first-order valence-electron chi connectivity index (χ1n) is 13.5. The fraction of sp³-hybridized carbons (Fsp3) is 0.414. The highest BCUT2D eigenvalue weighted by Crippen LogP contribution is 2.35. The van der Waals surface area contributed by atoms with Crippen LogP contribution < -0.4 is 10.2 Å². The summed E-state index contributed by atoms with van der Waals surface area (Å²) in [7, 11) is -2.38. The van der Waals surface area contributed by atoms with Gasteiger partial charge in [-0.1, -0.05) is 24.3 Å². The van der Waals surface area contributed by atoms with Gasteiger partial charge in [-0.25, -0.2) is 9.48 Å².